The number of aromatic hydroxyl groups is 1. The van der Waals surface area contributed by atoms with E-state index in [4.69, 9.17) is 9.72 Å². The Kier molecular flexibility index (Phi) is 5.91. The summed E-state index contributed by atoms with van der Waals surface area (Å²) in [6.07, 6.45) is 5.40. The molecule has 0 amide bonds. The molecular formula is C22H25N3O2. The molecule has 0 fully saturated rings. The number of hydrogen-bond donors (Lipinski definition) is 2. The molecule has 0 bridgehead atoms. The second-order valence-corrected chi connectivity index (χ2v) is 6.55. The van der Waals surface area contributed by atoms with Crippen LogP contribution in [0.4, 0.5) is 5.82 Å². The number of aryl methyl sites for hydroxylation is 1. The molecule has 140 valence electrons. The van der Waals surface area contributed by atoms with Crippen LogP contribution in [0.25, 0.3) is 11.3 Å². The number of aromatic nitrogens is 2. The Morgan fingerprint density at radius 3 is 2.74 bits per heavy atom. The number of ether oxygens (including phenoxy) is 1. The highest BCUT2D eigenvalue weighted by Gasteiger charge is 2.13. The quantitative estimate of drug-likeness (QED) is 0.610. The average Bonchev–Trinajstić information content (AvgIpc) is 2.68. The molecule has 0 spiro atoms. The number of anilines is 1. The number of hydrogen-bond acceptors (Lipinski definition) is 5. The molecule has 1 unspecified atom stereocenters. The van der Waals surface area contributed by atoms with Crippen molar-refractivity contribution < 1.29 is 9.84 Å². The fraction of sp³-hybridized carbons (Fsp3) is 0.273. The fourth-order valence-electron chi connectivity index (χ4n) is 3.08. The average molecular weight is 363 g/mol. The van der Waals surface area contributed by atoms with E-state index in [9.17, 15) is 5.11 Å². The molecule has 3 rings (SSSR count). The lowest BCUT2D eigenvalue weighted by molar-refractivity contribution is 0.412. The summed E-state index contributed by atoms with van der Waals surface area (Å²) in [6, 6.07) is 13.4. The summed E-state index contributed by atoms with van der Waals surface area (Å²) in [5, 5.41) is 13.3. The van der Waals surface area contributed by atoms with Gasteiger partial charge in [-0.05, 0) is 42.7 Å². The van der Waals surface area contributed by atoms with Crippen molar-refractivity contribution in [2.24, 2.45) is 0 Å². The Morgan fingerprint density at radius 2 is 2.00 bits per heavy atom. The number of nitrogens with one attached hydrogen (secondary N) is 1. The molecule has 3 aromatic rings. The lowest BCUT2D eigenvalue weighted by Gasteiger charge is -2.19. The van der Waals surface area contributed by atoms with Gasteiger partial charge in [0.05, 0.1) is 31.2 Å². The first-order valence-electron chi connectivity index (χ1n) is 9.13. The first-order valence-corrected chi connectivity index (χ1v) is 9.13. The molecule has 0 aliphatic rings. The molecular weight excluding hydrogens is 338 g/mol. The van der Waals surface area contributed by atoms with Gasteiger partial charge in [-0.1, -0.05) is 37.6 Å². The highest BCUT2D eigenvalue weighted by Crippen LogP contribution is 2.28. The summed E-state index contributed by atoms with van der Waals surface area (Å²) in [5.41, 5.74) is 3.85. The van der Waals surface area contributed by atoms with E-state index in [1.807, 2.05) is 37.3 Å². The maximum atomic E-state index is 9.79. The number of rotatable bonds is 7. The molecule has 0 aliphatic carbocycles. The van der Waals surface area contributed by atoms with Gasteiger partial charge in [0, 0.05) is 5.56 Å². The molecule has 1 atom stereocenters. The zero-order valence-corrected chi connectivity index (χ0v) is 15.9. The minimum Gasteiger partial charge on any atom is -0.508 e. The van der Waals surface area contributed by atoms with Crippen molar-refractivity contribution in [1.82, 2.24) is 9.97 Å². The van der Waals surface area contributed by atoms with Gasteiger partial charge in [0.15, 0.2) is 0 Å². The van der Waals surface area contributed by atoms with Crippen molar-refractivity contribution in [3.8, 4) is 22.8 Å². The first-order chi connectivity index (χ1) is 13.1. The van der Waals surface area contributed by atoms with Crippen LogP contribution in [0, 0.1) is 6.92 Å². The highest BCUT2D eigenvalue weighted by molar-refractivity contribution is 5.63. The second kappa shape index (κ2) is 8.54. The minimum atomic E-state index is 0.0548. The third-order valence-electron chi connectivity index (χ3n) is 4.51. The van der Waals surface area contributed by atoms with Crippen LogP contribution in [0.3, 0.4) is 0 Å². The van der Waals surface area contributed by atoms with E-state index in [1.54, 1.807) is 31.6 Å². The molecule has 27 heavy (non-hydrogen) atoms. The minimum absolute atomic E-state index is 0.0548. The standard InChI is InChI=1S/C22H25N3O2/c1-4-6-19(16-7-5-8-18(26)11-16)24-22-14-23-13-20(25-22)17-10-9-15(2)21(12-17)27-3/h5,7-14,19,26H,4,6H2,1-3H3,(H,24,25). The monoisotopic (exact) mass is 363 g/mol. The Labute approximate surface area is 160 Å². The summed E-state index contributed by atoms with van der Waals surface area (Å²) in [6.45, 7) is 4.15. The number of nitrogens with zero attached hydrogens (tertiary/aromatic N) is 2. The Morgan fingerprint density at radius 1 is 1.15 bits per heavy atom. The van der Waals surface area contributed by atoms with Gasteiger partial charge in [0.2, 0.25) is 0 Å². The smallest absolute Gasteiger partial charge is 0.145 e. The summed E-state index contributed by atoms with van der Waals surface area (Å²) >= 11 is 0. The Hall–Kier alpha value is -3.08. The summed E-state index contributed by atoms with van der Waals surface area (Å²) in [4.78, 5) is 9.07. The zero-order chi connectivity index (χ0) is 19.2. The summed E-state index contributed by atoms with van der Waals surface area (Å²) < 4.78 is 5.42. The van der Waals surface area contributed by atoms with E-state index in [2.05, 4.69) is 17.2 Å². The fourth-order valence-corrected chi connectivity index (χ4v) is 3.08. The van der Waals surface area contributed by atoms with Crippen molar-refractivity contribution in [2.75, 3.05) is 12.4 Å². The SMILES string of the molecule is CCCC(Nc1cncc(-c2ccc(C)c(OC)c2)n1)c1cccc(O)c1. The van der Waals surface area contributed by atoms with Gasteiger partial charge in [0.1, 0.15) is 17.3 Å². The maximum Gasteiger partial charge on any atom is 0.145 e. The Balaban J connectivity index is 1.88. The molecule has 5 heteroatoms. The molecule has 2 aromatic carbocycles. The van der Waals surface area contributed by atoms with Crippen molar-refractivity contribution in [3.05, 3.63) is 66.0 Å². The maximum absolute atomic E-state index is 9.79. The van der Waals surface area contributed by atoms with Gasteiger partial charge in [0.25, 0.3) is 0 Å². The van der Waals surface area contributed by atoms with Crippen LogP contribution in [0.15, 0.2) is 54.9 Å². The van der Waals surface area contributed by atoms with Crippen LogP contribution in [0.2, 0.25) is 0 Å². The van der Waals surface area contributed by atoms with Crippen LogP contribution in [0.1, 0.15) is 36.9 Å². The predicted molar refractivity (Wildman–Crippen MR) is 108 cm³/mol. The molecule has 2 N–H and O–H groups in total. The topological polar surface area (TPSA) is 67.3 Å². The number of benzene rings is 2. The lowest BCUT2D eigenvalue weighted by atomic mass is 10.0. The van der Waals surface area contributed by atoms with E-state index in [0.29, 0.717) is 5.82 Å². The van der Waals surface area contributed by atoms with Gasteiger partial charge in [-0.15, -0.1) is 0 Å². The molecule has 0 aliphatic heterocycles. The van der Waals surface area contributed by atoms with E-state index in [-0.39, 0.29) is 11.8 Å². The summed E-state index contributed by atoms with van der Waals surface area (Å²) in [7, 11) is 1.67. The Bertz CT molecular complexity index is 912. The zero-order valence-electron chi connectivity index (χ0n) is 15.9. The van der Waals surface area contributed by atoms with E-state index >= 15 is 0 Å². The van der Waals surface area contributed by atoms with E-state index in [1.165, 1.54) is 0 Å². The van der Waals surface area contributed by atoms with Crippen LogP contribution >= 0.6 is 0 Å². The third kappa shape index (κ3) is 4.56. The molecule has 1 heterocycles. The lowest BCUT2D eigenvalue weighted by Crippen LogP contribution is -2.12. The largest absolute Gasteiger partial charge is 0.508 e. The van der Waals surface area contributed by atoms with Crippen molar-refractivity contribution >= 4 is 5.82 Å². The predicted octanol–water partition coefficient (Wildman–Crippen LogP) is 5.12. The van der Waals surface area contributed by atoms with Gasteiger partial charge in [-0.3, -0.25) is 4.98 Å². The van der Waals surface area contributed by atoms with Gasteiger partial charge < -0.3 is 15.2 Å². The van der Waals surface area contributed by atoms with Crippen molar-refractivity contribution in [2.45, 2.75) is 32.7 Å². The van der Waals surface area contributed by atoms with E-state index in [0.717, 1.165) is 41.0 Å². The first kappa shape index (κ1) is 18.7. The summed E-state index contributed by atoms with van der Waals surface area (Å²) in [5.74, 6) is 1.80. The van der Waals surface area contributed by atoms with Crippen LogP contribution in [-0.2, 0) is 0 Å². The van der Waals surface area contributed by atoms with Crippen LogP contribution < -0.4 is 10.1 Å². The molecule has 5 nitrogen and oxygen atoms in total. The molecule has 0 radical (unpaired) electrons. The van der Waals surface area contributed by atoms with E-state index < -0.39 is 0 Å². The van der Waals surface area contributed by atoms with Crippen molar-refractivity contribution in [3.63, 3.8) is 0 Å². The van der Waals surface area contributed by atoms with Gasteiger partial charge in [-0.25, -0.2) is 4.98 Å². The van der Waals surface area contributed by atoms with Crippen molar-refractivity contribution in [1.29, 1.82) is 0 Å². The van der Waals surface area contributed by atoms with Crippen LogP contribution in [0.5, 0.6) is 11.5 Å². The van der Waals surface area contributed by atoms with Gasteiger partial charge in [-0.2, -0.15) is 0 Å². The third-order valence-corrected chi connectivity index (χ3v) is 4.51. The number of phenols is 1. The number of methoxy groups -OCH3 is 1. The normalized spacial score (nSPS) is 11.8. The molecule has 1 aromatic heterocycles. The molecule has 0 saturated carbocycles. The van der Waals surface area contributed by atoms with Gasteiger partial charge >= 0.3 is 0 Å². The highest BCUT2D eigenvalue weighted by atomic mass is 16.5. The van der Waals surface area contributed by atoms with Crippen LogP contribution in [-0.4, -0.2) is 22.2 Å². The molecule has 0 saturated heterocycles. The second-order valence-electron chi connectivity index (χ2n) is 6.55. The number of phenolic OH excluding ortho intramolecular Hbond substituents is 1.